The number of nitrogens with one attached hydrogen (secondary N) is 1. The molecule has 3 rings (SSSR count). The summed E-state index contributed by atoms with van der Waals surface area (Å²) in [5.41, 5.74) is 3.26. The van der Waals surface area contributed by atoms with E-state index in [1.807, 2.05) is 38.1 Å². The molecule has 154 valence electrons. The van der Waals surface area contributed by atoms with Gasteiger partial charge in [0.25, 0.3) is 0 Å². The van der Waals surface area contributed by atoms with Gasteiger partial charge in [0.15, 0.2) is 18.1 Å². The van der Waals surface area contributed by atoms with Crippen molar-refractivity contribution < 1.29 is 19.1 Å². The second-order valence-corrected chi connectivity index (χ2v) is 7.64. The fraction of sp³-hybridized carbons (Fsp3) is 0.217. The lowest BCUT2D eigenvalue weighted by Gasteiger charge is -2.06. The molecule has 0 radical (unpaired) electrons. The highest BCUT2D eigenvalue weighted by Gasteiger charge is 2.16. The Morgan fingerprint density at radius 1 is 1.03 bits per heavy atom. The molecule has 0 bridgehead atoms. The van der Waals surface area contributed by atoms with Gasteiger partial charge in [0, 0.05) is 28.6 Å². The summed E-state index contributed by atoms with van der Waals surface area (Å²) >= 11 is 1.35. The van der Waals surface area contributed by atoms with Crippen LogP contribution in [0, 0.1) is 6.92 Å². The Hall–Kier alpha value is -3.32. The number of aromatic nitrogens is 1. The Labute approximate surface area is 178 Å². The van der Waals surface area contributed by atoms with E-state index in [2.05, 4.69) is 10.3 Å². The number of hydrogen-bond donors (Lipinski definition) is 1. The van der Waals surface area contributed by atoms with E-state index in [9.17, 15) is 14.4 Å². The van der Waals surface area contributed by atoms with Crippen molar-refractivity contribution in [1.29, 1.82) is 0 Å². The molecule has 0 unspecified atom stereocenters. The van der Waals surface area contributed by atoms with Crippen molar-refractivity contribution in [2.45, 2.75) is 26.7 Å². The molecule has 30 heavy (non-hydrogen) atoms. The number of thiazole rings is 1. The molecule has 0 aliphatic carbocycles. The molecule has 1 N–H and O–H groups in total. The fourth-order valence-corrected chi connectivity index (χ4v) is 3.47. The van der Waals surface area contributed by atoms with Gasteiger partial charge in [-0.2, -0.15) is 0 Å². The van der Waals surface area contributed by atoms with E-state index in [1.165, 1.54) is 11.3 Å². The number of carbonyl (C=O) groups is 3. The molecule has 0 saturated carbocycles. The third-order valence-corrected chi connectivity index (χ3v) is 5.21. The van der Waals surface area contributed by atoms with E-state index < -0.39 is 5.97 Å². The van der Waals surface area contributed by atoms with Crippen molar-refractivity contribution in [1.82, 2.24) is 4.98 Å². The summed E-state index contributed by atoms with van der Waals surface area (Å²) in [4.78, 5) is 40.4. The summed E-state index contributed by atoms with van der Waals surface area (Å²) in [5, 5.41) is 5.09. The number of nitrogens with zero attached hydrogens (tertiary/aromatic N) is 1. The van der Waals surface area contributed by atoms with Crippen LogP contribution in [0.25, 0.3) is 10.6 Å². The molecule has 0 fully saturated rings. The summed E-state index contributed by atoms with van der Waals surface area (Å²) in [7, 11) is 0. The number of esters is 1. The molecule has 0 saturated heterocycles. The zero-order valence-electron chi connectivity index (χ0n) is 16.8. The number of aryl methyl sites for hydroxylation is 1. The van der Waals surface area contributed by atoms with Gasteiger partial charge in [-0.25, -0.2) is 9.78 Å². The van der Waals surface area contributed by atoms with Crippen molar-refractivity contribution in [3.8, 4) is 10.6 Å². The van der Waals surface area contributed by atoms with E-state index in [4.69, 9.17) is 4.74 Å². The SMILES string of the molecule is CCCC(=O)Nc1ccc(C(=O)COC(=O)c2csc(-c3ccc(C)cc3)n2)cc1. The number of rotatable bonds is 8. The second-order valence-electron chi connectivity index (χ2n) is 6.78. The lowest BCUT2D eigenvalue weighted by Crippen LogP contribution is -2.15. The van der Waals surface area contributed by atoms with Crippen LogP contribution in [0.4, 0.5) is 5.69 Å². The van der Waals surface area contributed by atoms with Gasteiger partial charge in [0.05, 0.1) is 0 Å². The first-order valence-corrected chi connectivity index (χ1v) is 10.5. The highest BCUT2D eigenvalue weighted by molar-refractivity contribution is 7.13. The lowest BCUT2D eigenvalue weighted by molar-refractivity contribution is -0.116. The summed E-state index contributed by atoms with van der Waals surface area (Å²) in [6.07, 6.45) is 1.21. The van der Waals surface area contributed by atoms with Crippen LogP contribution in [0.5, 0.6) is 0 Å². The van der Waals surface area contributed by atoms with Crippen LogP contribution in [0.15, 0.2) is 53.9 Å². The number of ether oxygens (including phenoxy) is 1. The van der Waals surface area contributed by atoms with Gasteiger partial charge in [-0.1, -0.05) is 36.8 Å². The first-order valence-electron chi connectivity index (χ1n) is 9.59. The van der Waals surface area contributed by atoms with E-state index in [1.54, 1.807) is 29.6 Å². The highest BCUT2D eigenvalue weighted by Crippen LogP contribution is 2.24. The molecule has 1 amide bonds. The fourth-order valence-electron chi connectivity index (χ4n) is 2.67. The van der Waals surface area contributed by atoms with Crippen LogP contribution in [-0.4, -0.2) is 29.3 Å². The summed E-state index contributed by atoms with van der Waals surface area (Å²) in [6.45, 7) is 3.55. The van der Waals surface area contributed by atoms with Crippen LogP contribution >= 0.6 is 11.3 Å². The van der Waals surface area contributed by atoms with Gasteiger partial charge < -0.3 is 10.1 Å². The first kappa shape index (κ1) is 21.4. The molecule has 7 heteroatoms. The van der Waals surface area contributed by atoms with E-state index in [-0.39, 0.29) is 24.0 Å². The van der Waals surface area contributed by atoms with Crippen LogP contribution in [0.2, 0.25) is 0 Å². The Balaban J connectivity index is 1.55. The minimum Gasteiger partial charge on any atom is -0.453 e. The standard InChI is InChI=1S/C23H22N2O4S/c1-3-4-21(27)24-18-11-9-16(10-12-18)20(26)13-29-23(28)19-14-30-22(25-19)17-7-5-15(2)6-8-17/h5-12,14H,3-4,13H2,1-2H3,(H,24,27). The Morgan fingerprint density at radius 3 is 2.40 bits per heavy atom. The van der Waals surface area contributed by atoms with Gasteiger partial charge in [-0.05, 0) is 37.6 Å². The predicted octanol–water partition coefficient (Wildman–Crippen LogP) is 4.90. The van der Waals surface area contributed by atoms with Crippen LogP contribution in [0.1, 0.15) is 46.2 Å². The van der Waals surface area contributed by atoms with Gasteiger partial charge in [0.2, 0.25) is 5.91 Å². The average molecular weight is 423 g/mol. The van der Waals surface area contributed by atoms with Crippen molar-refractivity contribution in [3.05, 3.63) is 70.7 Å². The van der Waals surface area contributed by atoms with Gasteiger partial charge in [0.1, 0.15) is 5.01 Å². The average Bonchev–Trinajstić information content (AvgIpc) is 3.23. The van der Waals surface area contributed by atoms with Gasteiger partial charge in [-0.15, -0.1) is 11.3 Å². The van der Waals surface area contributed by atoms with Gasteiger partial charge >= 0.3 is 5.97 Å². The maximum atomic E-state index is 12.3. The molecular weight excluding hydrogens is 400 g/mol. The normalized spacial score (nSPS) is 10.5. The summed E-state index contributed by atoms with van der Waals surface area (Å²) in [5.74, 6) is -1.04. The lowest BCUT2D eigenvalue weighted by atomic mass is 10.1. The first-order chi connectivity index (χ1) is 14.5. The van der Waals surface area contributed by atoms with E-state index in [0.717, 1.165) is 17.5 Å². The zero-order chi connectivity index (χ0) is 21.5. The van der Waals surface area contributed by atoms with Crippen molar-refractivity contribution in [2.75, 3.05) is 11.9 Å². The molecule has 0 aliphatic heterocycles. The van der Waals surface area contributed by atoms with Crippen LogP contribution in [-0.2, 0) is 9.53 Å². The Kier molecular flexibility index (Phi) is 7.08. The maximum absolute atomic E-state index is 12.3. The third-order valence-electron chi connectivity index (χ3n) is 4.31. The van der Waals surface area contributed by atoms with E-state index >= 15 is 0 Å². The number of anilines is 1. The van der Waals surface area contributed by atoms with E-state index in [0.29, 0.717) is 22.7 Å². The molecule has 0 atom stereocenters. The second kappa shape index (κ2) is 9.93. The predicted molar refractivity (Wildman–Crippen MR) is 117 cm³/mol. The Bertz CT molecular complexity index is 1040. The van der Waals surface area contributed by atoms with Crippen molar-refractivity contribution >= 4 is 34.7 Å². The zero-order valence-corrected chi connectivity index (χ0v) is 17.6. The molecule has 1 aromatic heterocycles. The molecule has 3 aromatic rings. The number of Topliss-reactive ketones (excluding diaryl/α,β-unsaturated/α-hetero) is 1. The number of amides is 1. The number of benzene rings is 2. The molecule has 6 nitrogen and oxygen atoms in total. The minimum atomic E-state index is -0.638. The minimum absolute atomic E-state index is 0.0706. The third kappa shape index (κ3) is 5.61. The summed E-state index contributed by atoms with van der Waals surface area (Å²) in [6, 6.07) is 14.3. The Morgan fingerprint density at radius 2 is 1.73 bits per heavy atom. The topological polar surface area (TPSA) is 85.4 Å². The smallest absolute Gasteiger partial charge is 0.358 e. The molecule has 2 aromatic carbocycles. The quantitative estimate of drug-likeness (QED) is 0.412. The van der Waals surface area contributed by atoms with Gasteiger partial charge in [-0.3, -0.25) is 9.59 Å². The van der Waals surface area contributed by atoms with Crippen molar-refractivity contribution in [3.63, 3.8) is 0 Å². The number of carbonyl (C=O) groups excluding carboxylic acids is 3. The number of ketones is 1. The monoisotopic (exact) mass is 422 g/mol. The van der Waals surface area contributed by atoms with Crippen LogP contribution < -0.4 is 5.32 Å². The van der Waals surface area contributed by atoms with Crippen LogP contribution in [0.3, 0.4) is 0 Å². The molecule has 0 spiro atoms. The maximum Gasteiger partial charge on any atom is 0.358 e. The molecule has 1 heterocycles. The molecular formula is C23H22N2O4S. The summed E-state index contributed by atoms with van der Waals surface area (Å²) < 4.78 is 5.13. The highest BCUT2D eigenvalue weighted by atomic mass is 32.1. The van der Waals surface area contributed by atoms with Crippen molar-refractivity contribution in [2.24, 2.45) is 0 Å². The molecule has 0 aliphatic rings. The largest absolute Gasteiger partial charge is 0.453 e. The number of hydrogen-bond acceptors (Lipinski definition) is 6.